The zero-order valence-corrected chi connectivity index (χ0v) is 19.8. The first-order valence-corrected chi connectivity index (χ1v) is 13.3. The molecule has 12 heteroatoms. The average molecular weight is 493 g/mol. The summed E-state index contributed by atoms with van der Waals surface area (Å²) in [5, 5.41) is 6.45. The zero-order chi connectivity index (χ0) is 24.3. The van der Waals surface area contributed by atoms with Crippen molar-refractivity contribution in [3.05, 3.63) is 54.6 Å². The molecule has 2 saturated heterocycles. The highest BCUT2D eigenvalue weighted by atomic mass is 32.2. The third-order valence-corrected chi connectivity index (χ3v) is 8.29. The number of hydrogen-bond donors (Lipinski definition) is 2. The lowest BCUT2D eigenvalue weighted by molar-refractivity contribution is 0.0556. The van der Waals surface area contributed by atoms with Gasteiger partial charge in [0, 0.05) is 54.0 Å². The Morgan fingerprint density at radius 1 is 1.20 bits per heavy atom. The number of nitrogen functional groups attached to an aromatic ring is 1. The molecule has 4 aromatic rings. The monoisotopic (exact) mass is 492 g/mol. The van der Waals surface area contributed by atoms with Crippen molar-refractivity contribution in [2.45, 2.75) is 48.6 Å². The molecule has 6 heterocycles. The molecular formula is C23H24N8O3S. The zero-order valence-electron chi connectivity index (χ0n) is 19.0. The second-order valence-electron chi connectivity index (χ2n) is 9.25. The van der Waals surface area contributed by atoms with Gasteiger partial charge in [-0.05, 0) is 37.8 Å². The second kappa shape index (κ2) is 7.87. The summed E-state index contributed by atoms with van der Waals surface area (Å²) in [6.45, 7) is 0. The number of aromatic nitrogens is 6. The van der Waals surface area contributed by atoms with Gasteiger partial charge in [-0.2, -0.15) is 5.10 Å². The number of aromatic amines is 1. The molecule has 35 heavy (non-hydrogen) atoms. The minimum Gasteiger partial charge on any atom is -0.384 e. The summed E-state index contributed by atoms with van der Waals surface area (Å²) in [7, 11) is -3.66. The van der Waals surface area contributed by atoms with Crippen LogP contribution in [0.3, 0.4) is 0 Å². The van der Waals surface area contributed by atoms with E-state index in [2.05, 4.69) is 20.2 Å². The average Bonchev–Trinajstić information content (AvgIpc) is 3.57. The van der Waals surface area contributed by atoms with Crippen LogP contribution in [0.4, 0.5) is 5.82 Å². The van der Waals surface area contributed by atoms with Crippen LogP contribution in [0.15, 0.2) is 48.0 Å². The van der Waals surface area contributed by atoms with E-state index < -0.39 is 9.84 Å². The van der Waals surface area contributed by atoms with Crippen LogP contribution in [0.5, 0.6) is 0 Å². The summed E-state index contributed by atoms with van der Waals surface area (Å²) in [4.78, 5) is 28.1. The quantitative estimate of drug-likeness (QED) is 0.439. The van der Waals surface area contributed by atoms with Crippen molar-refractivity contribution in [1.29, 1.82) is 0 Å². The standard InChI is InChI=1S/C23H24N8O3S/c1-35(33,34)19-18(28-22-17(6-8-30(22)20(19)24)13-3-2-7-25-11-13)14-9-15-4-5-16(10-14)31(15)23(32)21-26-12-27-29-21/h2-3,6-8,11-12,14-16H,4-5,9-10,24H2,1H3,(H,26,27,29)/t14?,15-,16+. The van der Waals surface area contributed by atoms with Gasteiger partial charge < -0.3 is 10.6 Å². The first kappa shape index (κ1) is 21.7. The first-order chi connectivity index (χ1) is 16.8. The number of nitrogens with one attached hydrogen (secondary N) is 1. The molecule has 6 rings (SSSR count). The van der Waals surface area contributed by atoms with Crippen molar-refractivity contribution in [2.75, 3.05) is 12.0 Å². The Balaban J connectivity index is 1.45. The fourth-order valence-corrected chi connectivity index (χ4v) is 6.78. The predicted octanol–water partition coefficient (Wildman–Crippen LogP) is 2.05. The minimum atomic E-state index is -3.66. The third-order valence-electron chi connectivity index (χ3n) is 7.13. The molecule has 0 saturated carbocycles. The molecule has 0 radical (unpaired) electrons. The molecule has 11 nitrogen and oxygen atoms in total. The number of piperidine rings is 1. The fourth-order valence-electron chi connectivity index (χ4n) is 5.70. The van der Waals surface area contributed by atoms with E-state index in [1.807, 2.05) is 23.1 Å². The number of nitrogens with zero attached hydrogens (tertiary/aromatic N) is 6. The van der Waals surface area contributed by atoms with Crippen molar-refractivity contribution >= 4 is 27.2 Å². The van der Waals surface area contributed by atoms with Crippen LogP contribution in [0, 0.1) is 0 Å². The number of rotatable bonds is 4. The number of pyridine rings is 1. The lowest BCUT2D eigenvalue weighted by Crippen LogP contribution is -2.46. The maximum Gasteiger partial charge on any atom is 0.291 e. The first-order valence-electron chi connectivity index (χ1n) is 11.4. The van der Waals surface area contributed by atoms with E-state index in [4.69, 9.17) is 10.7 Å². The predicted molar refractivity (Wildman–Crippen MR) is 127 cm³/mol. The lowest BCUT2D eigenvalue weighted by atomic mass is 9.87. The Labute approximate surface area is 201 Å². The van der Waals surface area contributed by atoms with E-state index in [9.17, 15) is 13.2 Å². The highest BCUT2D eigenvalue weighted by molar-refractivity contribution is 7.91. The van der Waals surface area contributed by atoms with Crippen molar-refractivity contribution in [3.63, 3.8) is 0 Å². The molecule has 3 atom stereocenters. The van der Waals surface area contributed by atoms with E-state index in [0.29, 0.717) is 24.2 Å². The Hall–Kier alpha value is -3.80. The maximum atomic E-state index is 13.0. The van der Waals surface area contributed by atoms with Gasteiger partial charge in [0.2, 0.25) is 5.82 Å². The molecular weight excluding hydrogens is 468 g/mol. The van der Waals surface area contributed by atoms with Gasteiger partial charge in [-0.25, -0.2) is 18.4 Å². The molecule has 2 aliphatic heterocycles. The van der Waals surface area contributed by atoms with Gasteiger partial charge in [-0.15, -0.1) is 0 Å². The molecule has 4 aromatic heterocycles. The number of amides is 1. The van der Waals surface area contributed by atoms with Crippen LogP contribution in [0.25, 0.3) is 16.8 Å². The van der Waals surface area contributed by atoms with Gasteiger partial charge in [-0.1, -0.05) is 6.07 Å². The molecule has 3 N–H and O–H groups in total. The maximum absolute atomic E-state index is 13.0. The molecule has 2 fully saturated rings. The fraction of sp³-hybridized carbons (Fsp3) is 0.348. The number of carbonyl (C=O) groups is 1. The Kier molecular flexibility index (Phi) is 4.88. The van der Waals surface area contributed by atoms with E-state index in [0.717, 1.165) is 24.0 Å². The van der Waals surface area contributed by atoms with Crippen molar-refractivity contribution in [1.82, 2.24) is 34.4 Å². The molecule has 2 bridgehead atoms. The Bertz CT molecular complexity index is 1520. The summed E-state index contributed by atoms with van der Waals surface area (Å²) < 4.78 is 27.5. The van der Waals surface area contributed by atoms with Crippen molar-refractivity contribution < 1.29 is 13.2 Å². The van der Waals surface area contributed by atoms with Crippen LogP contribution in [-0.4, -0.2) is 67.1 Å². The number of fused-ring (bicyclic) bond motifs is 3. The van der Waals surface area contributed by atoms with Crippen molar-refractivity contribution in [2.24, 2.45) is 0 Å². The van der Waals surface area contributed by atoms with Gasteiger partial charge in [0.15, 0.2) is 9.84 Å². The number of carbonyl (C=O) groups excluding carboxylic acids is 1. The summed E-state index contributed by atoms with van der Waals surface area (Å²) in [5.41, 5.74) is 9.23. The molecule has 0 aliphatic carbocycles. The molecule has 1 amide bonds. The molecule has 0 aromatic carbocycles. The SMILES string of the molecule is CS(=O)(=O)c1c(C2C[C@H]3CC[C@@H](C2)N3C(=O)c2ncn[nH]2)nc2c(-c3cccnc3)ccn2c1N. The molecule has 2 aliphatic rings. The van der Waals surface area contributed by atoms with Crippen molar-refractivity contribution in [3.8, 4) is 11.1 Å². The third kappa shape index (κ3) is 3.47. The van der Waals surface area contributed by atoms with E-state index >= 15 is 0 Å². The van der Waals surface area contributed by atoms with Gasteiger partial charge >= 0.3 is 0 Å². The molecule has 180 valence electrons. The van der Waals surface area contributed by atoms with Crippen LogP contribution >= 0.6 is 0 Å². The molecule has 0 spiro atoms. The van der Waals surface area contributed by atoms with Crippen LogP contribution in [0.1, 0.15) is 47.9 Å². The second-order valence-corrected chi connectivity index (χ2v) is 11.2. The largest absolute Gasteiger partial charge is 0.384 e. The van der Waals surface area contributed by atoms with E-state index in [1.54, 1.807) is 23.0 Å². The minimum absolute atomic E-state index is 0.0346. The van der Waals surface area contributed by atoms with Gasteiger partial charge in [0.25, 0.3) is 5.91 Å². The molecule has 1 unspecified atom stereocenters. The number of hydrogen-bond acceptors (Lipinski definition) is 8. The smallest absolute Gasteiger partial charge is 0.291 e. The summed E-state index contributed by atoms with van der Waals surface area (Å²) in [5.74, 6) is 0.0375. The van der Waals surface area contributed by atoms with Crippen LogP contribution in [-0.2, 0) is 9.84 Å². The highest BCUT2D eigenvalue weighted by Crippen LogP contribution is 2.45. The van der Waals surface area contributed by atoms with E-state index in [1.165, 1.54) is 12.6 Å². The lowest BCUT2D eigenvalue weighted by Gasteiger charge is -2.38. The highest BCUT2D eigenvalue weighted by Gasteiger charge is 2.46. The number of nitrogens with two attached hydrogens (primary N) is 1. The van der Waals surface area contributed by atoms with E-state index in [-0.39, 0.29) is 40.4 Å². The number of H-pyrrole nitrogens is 1. The summed E-state index contributed by atoms with van der Waals surface area (Å²) in [6, 6.07) is 5.57. The van der Waals surface area contributed by atoms with Crippen LogP contribution in [0.2, 0.25) is 0 Å². The van der Waals surface area contributed by atoms with Gasteiger partial charge in [0.05, 0.1) is 5.69 Å². The summed E-state index contributed by atoms with van der Waals surface area (Å²) >= 11 is 0. The topological polar surface area (TPSA) is 152 Å². The Morgan fingerprint density at radius 3 is 2.60 bits per heavy atom. The number of sulfone groups is 1. The normalized spacial score (nSPS) is 22.1. The Morgan fingerprint density at radius 2 is 1.97 bits per heavy atom. The number of anilines is 1. The van der Waals surface area contributed by atoms with Gasteiger partial charge in [-0.3, -0.25) is 19.3 Å². The van der Waals surface area contributed by atoms with Crippen LogP contribution < -0.4 is 5.73 Å². The summed E-state index contributed by atoms with van der Waals surface area (Å²) in [6.07, 6.45) is 10.6. The van der Waals surface area contributed by atoms with Gasteiger partial charge in [0.1, 0.15) is 22.7 Å².